The summed E-state index contributed by atoms with van der Waals surface area (Å²) in [5.74, 6) is -2.29. The first-order chi connectivity index (χ1) is 40.6. The Hall–Kier alpha value is -4.31. The van der Waals surface area contributed by atoms with Gasteiger partial charge >= 0.3 is 11.9 Å². The van der Waals surface area contributed by atoms with Crippen LogP contribution in [0.15, 0.2) is 122 Å². The number of nitrogens with zero attached hydrogens (tertiary/aromatic N) is 1. The highest BCUT2D eigenvalue weighted by atomic mass is 16.7. The lowest BCUT2D eigenvalue weighted by Crippen LogP contribution is -2.44. The van der Waals surface area contributed by atoms with Gasteiger partial charge in [-0.2, -0.15) is 0 Å². The number of hydrogen-bond acceptors (Lipinski definition) is 8. The zero-order valence-corrected chi connectivity index (χ0v) is 54.0. The molecule has 2 atom stereocenters. The number of hydrogen-bond donors (Lipinski definition) is 0. The third kappa shape index (κ3) is 65.1. The van der Waals surface area contributed by atoms with Crippen molar-refractivity contribution in [1.82, 2.24) is 0 Å². The SMILES string of the molecule is CC/C=C\C/C=C\C/C=C\C/C=C\C/C=C\C/C=C\CCCCCCCCCCCCCCCCC(=O)OC(COC(=O)CCCCCCCCCCCCCC/C=C\C/C=C\C/C=C\C/C=C\CC)COC(OCC[N+](C)(C)C)C(=O)[O-]. The second-order valence-corrected chi connectivity index (χ2v) is 23.3. The molecule has 0 N–H and O–H groups in total. The number of carboxylic acid groups (broad SMARTS) is 1. The van der Waals surface area contributed by atoms with Crippen LogP contribution in [0.1, 0.15) is 271 Å². The molecule has 0 radical (unpaired) electrons. The summed E-state index contributed by atoms with van der Waals surface area (Å²) in [4.78, 5) is 37.5. The molecule has 0 heterocycles. The van der Waals surface area contributed by atoms with E-state index in [1.807, 2.05) is 21.1 Å². The van der Waals surface area contributed by atoms with Crippen LogP contribution in [-0.2, 0) is 33.3 Å². The molecule has 474 valence electrons. The summed E-state index contributed by atoms with van der Waals surface area (Å²) in [5.41, 5.74) is 0. The van der Waals surface area contributed by atoms with Gasteiger partial charge in [-0.15, -0.1) is 0 Å². The van der Waals surface area contributed by atoms with Crippen molar-refractivity contribution in [3.8, 4) is 0 Å². The zero-order valence-electron chi connectivity index (χ0n) is 54.0. The van der Waals surface area contributed by atoms with Gasteiger partial charge in [-0.05, 0) is 103 Å². The Kier molecular flexibility index (Phi) is 60.4. The molecule has 0 aromatic heterocycles. The van der Waals surface area contributed by atoms with Gasteiger partial charge < -0.3 is 33.3 Å². The third-order valence-electron chi connectivity index (χ3n) is 14.2. The summed E-state index contributed by atoms with van der Waals surface area (Å²) in [7, 11) is 5.93. The number of rotatable bonds is 61. The zero-order chi connectivity index (χ0) is 60.5. The van der Waals surface area contributed by atoms with Crippen LogP contribution in [0.4, 0.5) is 0 Å². The number of aliphatic carboxylic acids is 1. The van der Waals surface area contributed by atoms with Crippen molar-refractivity contribution in [1.29, 1.82) is 0 Å². The quantitative estimate of drug-likeness (QED) is 0.0195. The smallest absolute Gasteiger partial charge is 0.306 e. The lowest BCUT2D eigenvalue weighted by Gasteiger charge is -2.26. The molecule has 0 rings (SSSR count). The van der Waals surface area contributed by atoms with Crippen molar-refractivity contribution in [3.63, 3.8) is 0 Å². The van der Waals surface area contributed by atoms with Crippen LogP contribution in [0.5, 0.6) is 0 Å². The summed E-state index contributed by atoms with van der Waals surface area (Å²) in [6.07, 6.45) is 86.9. The van der Waals surface area contributed by atoms with Gasteiger partial charge in [-0.25, -0.2) is 0 Å². The van der Waals surface area contributed by atoms with Crippen molar-refractivity contribution in [2.45, 2.75) is 283 Å². The summed E-state index contributed by atoms with van der Waals surface area (Å²) < 4.78 is 22.8. The van der Waals surface area contributed by atoms with Crippen LogP contribution in [0, 0.1) is 0 Å². The molecule has 0 aliphatic heterocycles. The van der Waals surface area contributed by atoms with Gasteiger partial charge in [-0.1, -0.05) is 277 Å². The van der Waals surface area contributed by atoms with Crippen molar-refractivity contribution in [3.05, 3.63) is 122 Å². The van der Waals surface area contributed by atoms with E-state index in [-0.39, 0.29) is 38.6 Å². The molecule has 0 aromatic rings. The van der Waals surface area contributed by atoms with Crippen LogP contribution in [0.2, 0.25) is 0 Å². The molecule has 0 saturated carbocycles. The molecule has 9 nitrogen and oxygen atoms in total. The molecule has 0 aromatic carbocycles. The number of carbonyl (C=O) groups excluding carboxylic acids is 3. The lowest BCUT2D eigenvalue weighted by atomic mass is 10.0. The van der Waals surface area contributed by atoms with Gasteiger partial charge in [0.2, 0.25) is 0 Å². The highest BCUT2D eigenvalue weighted by Crippen LogP contribution is 2.17. The minimum atomic E-state index is -1.63. The fraction of sp³-hybridized carbons (Fsp3) is 0.689. The van der Waals surface area contributed by atoms with E-state index in [1.165, 1.54) is 135 Å². The Balaban J connectivity index is 4.15. The fourth-order valence-electron chi connectivity index (χ4n) is 9.12. The average Bonchev–Trinajstić information content (AvgIpc) is 3.46. The Bertz CT molecular complexity index is 1780. The van der Waals surface area contributed by atoms with Gasteiger partial charge in [0.25, 0.3) is 0 Å². The predicted octanol–water partition coefficient (Wildman–Crippen LogP) is 19.5. The predicted molar refractivity (Wildman–Crippen MR) is 352 cm³/mol. The first kappa shape index (κ1) is 78.7. The number of carboxylic acids is 1. The normalized spacial score (nSPS) is 13.5. The van der Waals surface area contributed by atoms with E-state index in [0.717, 1.165) is 103 Å². The maximum atomic E-state index is 12.9. The van der Waals surface area contributed by atoms with E-state index in [4.69, 9.17) is 18.9 Å². The molecule has 2 unspecified atom stereocenters. The van der Waals surface area contributed by atoms with Crippen molar-refractivity contribution >= 4 is 17.9 Å². The van der Waals surface area contributed by atoms with E-state index in [9.17, 15) is 19.5 Å². The van der Waals surface area contributed by atoms with Crippen LogP contribution >= 0.6 is 0 Å². The molecule has 9 heteroatoms. The fourth-order valence-corrected chi connectivity index (χ4v) is 9.12. The van der Waals surface area contributed by atoms with Crippen LogP contribution in [0.3, 0.4) is 0 Å². The van der Waals surface area contributed by atoms with Gasteiger partial charge in [0.1, 0.15) is 13.2 Å². The van der Waals surface area contributed by atoms with Crippen molar-refractivity contribution in [2.24, 2.45) is 0 Å². The van der Waals surface area contributed by atoms with Gasteiger partial charge in [0.15, 0.2) is 12.4 Å². The Morgan fingerprint density at radius 2 is 0.651 bits per heavy atom. The van der Waals surface area contributed by atoms with Crippen LogP contribution in [0.25, 0.3) is 0 Å². The van der Waals surface area contributed by atoms with Gasteiger partial charge in [0.05, 0.1) is 40.3 Å². The minimum Gasteiger partial charge on any atom is -0.545 e. The monoisotopic (exact) mass is 1160 g/mol. The Morgan fingerprint density at radius 1 is 0.361 bits per heavy atom. The molecule has 0 saturated heterocycles. The molecule has 0 aliphatic carbocycles. The summed E-state index contributed by atoms with van der Waals surface area (Å²) in [6.45, 7) is 4.53. The number of likely N-dealkylation sites (N-methyl/N-ethyl adjacent to an activating group) is 1. The van der Waals surface area contributed by atoms with Crippen LogP contribution < -0.4 is 5.11 Å². The number of carbonyl (C=O) groups is 3. The minimum absolute atomic E-state index is 0.143. The van der Waals surface area contributed by atoms with E-state index in [2.05, 4.69) is 135 Å². The van der Waals surface area contributed by atoms with Gasteiger partial charge in [-0.3, -0.25) is 9.59 Å². The molecule has 0 aliphatic rings. The Morgan fingerprint density at radius 3 is 0.964 bits per heavy atom. The molecule has 0 spiro atoms. The number of ether oxygens (including phenoxy) is 4. The van der Waals surface area contributed by atoms with Crippen molar-refractivity contribution in [2.75, 3.05) is 47.5 Å². The molecule has 0 bridgehead atoms. The standard InChI is InChI=1S/C74H125NO8/c1-6-8-10-12-14-16-18-20-22-24-26-28-30-32-33-34-35-36-37-38-39-41-43-45-47-49-51-53-55-57-59-61-63-65-72(77)83-70(69-82-74(73(78)79)80-67-66-75(3,4)5)68-81-71(76)64-62-60-58-56-54-52-50-48-46-44-42-40-31-29-27-25-23-21-19-17-15-13-11-9-7-2/h8-11,14-17,20-23,26-29,32-33,35-36,70,74H,6-7,12-13,18-19,24-25,30-31,34,37-69H2,1-5H3/b10-8-,11-9-,16-14-,17-15-,22-20-,23-21-,28-26-,29-27-,33-32-,36-35-. The molecule has 0 amide bonds. The summed E-state index contributed by atoms with van der Waals surface area (Å²) in [6, 6.07) is 0. The first-order valence-electron chi connectivity index (χ1n) is 33.7. The first-order valence-corrected chi connectivity index (χ1v) is 33.7. The average molecular weight is 1160 g/mol. The second-order valence-electron chi connectivity index (χ2n) is 23.3. The summed E-state index contributed by atoms with van der Waals surface area (Å²) >= 11 is 0. The van der Waals surface area contributed by atoms with Crippen LogP contribution in [-0.4, -0.2) is 82.3 Å². The number of esters is 2. The van der Waals surface area contributed by atoms with E-state index < -0.39 is 24.3 Å². The van der Waals surface area contributed by atoms with E-state index in [0.29, 0.717) is 17.4 Å². The van der Waals surface area contributed by atoms with E-state index in [1.54, 1.807) is 0 Å². The third-order valence-corrected chi connectivity index (χ3v) is 14.2. The second kappa shape index (κ2) is 63.7. The molecular weight excluding hydrogens is 1030 g/mol. The number of quaternary nitrogens is 1. The van der Waals surface area contributed by atoms with Crippen molar-refractivity contribution < 1.29 is 42.9 Å². The Labute approximate surface area is 510 Å². The molecule has 0 fully saturated rings. The molecular formula is C74H125NO8. The molecule has 83 heavy (non-hydrogen) atoms. The number of unbranched alkanes of at least 4 members (excludes halogenated alkanes) is 26. The largest absolute Gasteiger partial charge is 0.545 e. The maximum absolute atomic E-state index is 12.9. The topological polar surface area (TPSA) is 111 Å². The number of allylic oxidation sites excluding steroid dienone is 20. The van der Waals surface area contributed by atoms with E-state index >= 15 is 0 Å². The highest BCUT2D eigenvalue weighted by Gasteiger charge is 2.22. The lowest BCUT2D eigenvalue weighted by molar-refractivity contribution is -0.870. The maximum Gasteiger partial charge on any atom is 0.306 e. The highest BCUT2D eigenvalue weighted by molar-refractivity contribution is 5.70. The summed E-state index contributed by atoms with van der Waals surface area (Å²) in [5, 5.41) is 11.8. The van der Waals surface area contributed by atoms with Gasteiger partial charge in [0, 0.05) is 12.8 Å².